The van der Waals surface area contributed by atoms with Crippen molar-refractivity contribution in [3.63, 3.8) is 0 Å². The van der Waals surface area contributed by atoms with Gasteiger partial charge in [0.05, 0.1) is 10.6 Å². The van der Waals surface area contributed by atoms with E-state index in [4.69, 9.17) is 9.72 Å². The molecule has 4 heterocycles. The van der Waals surface area contributed by atoms with Gasteiger partial charge in [-0.25, -0.2) is 23.4 Å². The molecule has 0 amide bonds. The number of fused-ring (bicyclic) bond motifs is 1. The van der Waals surface area contributed by atoms with E-state index in [9.17, 15) is 8.42 Å². The van der Waals surface area contributed by atoms with Crippen LogP contribution in [-0.4, -0.2) is 48.8 Å². The number of sulfone groups is 1. The highest BCUT2D eigenvalue weighted by molar-refractivity contribution is 7.90. The van der Waals surface area contributed by atoms with E-state index in [0.29, 0.717) is 16.0 Å². The Morgan fingerprint density at radius 3 is 2.47 bits per heavy atom. The van der Waals surface area contributed by atoms with Crippen LogP contribution in [0.4, 0.5) is 5.82 Å². The second-order valence-corrected chi connectivity index (χ2v) is 12.1. The Labute approximate surface area is 215 Å². The maximum absolute atomic E-state index is 11.7. The van der Waals surface area contributed by atoms with Gasteiger partial charge in [0.2, 0.25) is 0 Å². The zero-order chi connectivity index (χ0) is 25.3. The van der Waals surface area contributed by atoms with Gasteiger partial charge in [0.1, 0.15) is 22.3 Å². The molecule has 0 bridgehead atoms. The SMILES string of the molecule is C=Cc1ccc(N2CCC(C(C)Oc3nc4ccc(-c5ccc(S(C)(=O)=O)cc5)nc4s3)CC2)nc1. The molecule has 1 aliphatic heterocycles. The molecule has 1 saturated heterocycles. The van der Waals surface area contributed by atoms with Gasteiger partial charge in [0.15, 0.2) is 9.84 Å². The Bertz CT molecular complexity index is 1470. The van der Waals surface area contributed by atoms with Gasteiger partial charge >= 0.3 is 0 Å². The first-order valence-corrected chi connectivity index (χ1v) is 14.6. The monoisotopic (exact) mass is 520 g/mol. The number of benzene rings is 1. The van der Waals surface area contributed by atoms with Crippen molar-refractivity contribution >= 4 is 43.4 Å². The van der Waals surface area contributed by atoms with Crippen molar-refractivity contribution < 1.29 is 13.2 Å². The summed E-state index contributed by atoms with van der Waals surface area (Å²) in [5.41, 5.74) is 3.45. The predicted molar refractivity (Wildman–Crippen MR) is 145 cm³/mol. The first-order valence-electron chi connectivity index (χ1n) is 11.9. The molecule has 9 heteroatoms. The van der Waals surface area contributed by atoms with Crippen molar-refractivity contribution in [1.29, 1.82) is 0 Å². The molecule has 3 aromatic heterocycles. The molecule has 36 heavy (non-hydrogen) atoms. The van der Waals surface area contributed by atoms with Crippen LogP contribution in [0.2, 0.25) is 0 Å². The molecule has 0 saturated carbocycles. The van der Waals surface area contributed by atoms with Gasteiger partial charge in [-0.2, -0.15) is 0 Å². The third-order valence-corrected chi connectivity index (χ3v) is 8.62. The number of nitrogens with zero attached hydrogens (tertiary/aromatic N) is 4. The summed E-state index contributed by atoms with van der Waals surface area (Å²) < 4.78 is 29.7. The molecule has 4 aromatic rings. The van der Waals surface area contributed by atoms with Gasteiger partial charge in [0.25, 0.3) is 5.19 Å². The number of hydrogen-bond donors (Lipinski definition) is 0. The van der Waals surface area contributed by atoms with Crippen LogP contribution < -0.4 is 9.64 Å². The molecule has 0 radical (unpaired) electrons. The number of anilines is 1. The van der Waals surface area contributed by atoms with E-state index in [1.807, 2.05) is 24.4 Å². The highest BCUT2D eigenvalue weighted by Gasteiger charge is 2.26. The van der Waals surface area contributed by atoms with Crippen molar-refractivity contribution in [2.75, 3.05) is 24.2 Å². The smallest absolute Gasteiger partial charge is 0.276 e. The number of ether oxygens (including phenoxy) is 1. The molecule has 5 rings (SSSR count). The van der Waals surface area contributed by atoms with E-state index in [0.717, 1.165) is 58.9 Å². The minimum atomic E-state index is -3.23. The molecule has 1 atom stereocenters. The topological polar surface area (TPSA) is 85.3 Å². The Kier molecular flexibility index (Phi) is 6.77. The van der Waals surface area contributed by atoms with Crippen LogP contribution in [-0.2, 0) is 9.84 Å². The molecule has 1 unspecified atom stereocenters. The summed E-state index contributed by atoms with van der Waals surface area (Å²) in [6.07, 6.45) is 6.97. The maximum atomic E-state index is 11.7. The van der Waals surface area contributed by atoms with Crippen molar-refractivity contribution in [2.24, 2.45) is 5.92 Å². The summed E-state index contributed by atoms with van der Waals surface area (Å²) in [5, 5.41) is 0.624. The average Bonchev–Trinajstić information content (AvgIpc) is 3.30. The molecule has 1 fully saturated rings. The molecular formula is C27H28N4O3S2. The minimum absolute atomic E-state index is 0.0480. The van der Waals surface area contributed by atoms with Gasteiger partial charge in [0, 0.05) is 31.1 Å². The van der Waals surface area contributed by atoms with Crippen molar-refractivity contribution in [2.45, 2.75) is 30.8 Å². The van der Waals surface area contributed by atoms with E-state index in [1.54, 1.807) is 30.3 Å². The van der Waals surface area contributed by atoms with Gasteiger partial charge in [-0.15, -0.1) is 0 Å². The van der Waals surface area contributed by atoms with E-state index in [1.165, 1.54) is 17.6 Å². The first-order chi connectivity index (χ1) is 17.3. The number of hydrogen-bond acceptors (Lipinski definition) is 8. The van der Waals surface area contributed by atoms with Crippen LogP contribution in [0.15, 0.2) is 66.2 Å². The lowest BCUT2D eigenvalue weighted by Gasteiger charge is -2.35. The number of rotatable bonds is 7. The number of piperidine rings is 1. The number of aromatic nitrogens is 3. The van der Waals surface area contributed by atoms with Gasteiger partial charge in [-0.05, 0) is 67.6 Å². The Balaban J connectivity index is 1.23. The van der Waals surface area contributed by atoms with Crippen LogP contribution in [0.5, 0.6) is 5.19 Å². The zero-order valence-electron chi connectivity index (χ0n) is 20.3. The van der Waals surface area contributed by atoms with Crippen LogP contribution in [0, 0.1) is 5.92 Å². The summed E-state index contributed by atoms with van der Waals surface area (Å²) in [6.45, 7) is 7.79. The van der Waals surface area contributed by atoms with Gasteiger partial charge in [-0.3, -0.25) is 0 Å². The highest BCUT2D eigenvalue weighted by atomic mass is 32.2. The summed E-state index contributed by atoms with van der Waals surface area (Å²) >= 11 is 1.44. The van der Waals surface area contributed by atoms with E-state index in [2.05, 4.69) is 34.4 Å². The van der Waals surface area contributed by atoms with Gasteiger partial charge < -0.3 is 9.64 Å². The lowest BCUT2D eigenvalue weighted by Crippen LogP contribution is -2.39. The molecule has 0 N–H and O–H groups in total. The summed E-state index contributed by atoms with van der Waals surface area (Å²) in [7, 11) is -3.23. The summed E-state index contributed by atoms with van der Waals surface area (Å²) in [5.74, 6) is 1.45. The molecule has 0 aliphatic carbocycles. The van der Waals surface area contributed by atoms with Crippen molar-refractivity contribution in [1.82, 2.24) is 15.0 Å². The Morgan fingerprint density at radius 2 is 1.83 bits per heavy atom. The lowest BCUT2D eigenvalue weighted by molar-refractivity contribution is 0.132. The van der Waals surface area contributed by atoms with E-state index < -0.39 is 9.84 Å². The molecule has 1 aliphatic rings. The second-order valence-electron chi connectivity index (χ2n) is 9.10. The van der Waals surface area contributed by atoms with Gasteiger partial charge in [-0.1, -0.05) is 36.1 Å². The Hall–Kier alpha value is -3.30. The second kappa shape index (κ2) is 9.99. The quantitative estimate of drug-likeness (QED) is 0.319. The van der Waals surface area contributed by atoms with Crippen molar-refractivity contribution in [3.8, 4) is 16.5 Å². The Morgan fingerprint density at radius 1 is 1.08 bits per heavy atom. The number of thiazole rings is 1. The van der Waals surface area contributed by atoms with E-state index in [-0.39, 0.29) is 6.10 Å². The number of pyridine rings is 2. The van der Waals surface area contributed by atoms with Crippen molar-refractivity contribution in [3.05, 3.63) is 66.9 Å². The standard InChI is InChI=1S/C27H28N4O3S2/c1-4-19-5-12-25(28-17-19)31-15-13-20(14-16-31)18(2)34-27-30-24-11-10-23(29-26(24)35-27)21-6-8-22(9-7-21)36(3,32)33/h4-12,17-18,20H,1,13-16H2,2-3H3. The van der Waals surface area contributed by atoms with Crippen LogP contribution in [0.25, 0.3) is 27.7 Å². The molecule has 186 valence electrons. The fourth-order valence-corrected chi connectivity index (χ4v) is 5.94. The maximum Gasteiger partial charge on any atom is 0.276 e. The first kappa shape index (κ1) is 24.4. The van der Waals surface area contributed by atoms with Crippen LogP contribution in [0.3, 0.4) is 0 Å². The average molecular weight is 521 g/mol. The lowest BCUT2D eigenvalue weighted by atomic mass is 9.92. The largest absolute Gasteiger partial charge is 0.467 e. The fraction of sp³-hybridized carbons (Fsp3) is 0.296. The fourth-order valence-electron chi connectivity index (χ4n) is 4.44. The third kappa shape index (κ3) is 5.27. The predicted octanol–water partition coefficient (Wildman–Crippen LogP) is 5.48. The zero-order valence-corrected chi connectivity index (χ0v) is 21.9. The molecule has 0 spiro atoms. The highest BCUT2D eigenvalue weighted by Crippen LogP contribution is 2.32. The minimum Gasteiger partial charge on any atom is -0.467 e. The normalized spacial score (nSPS) is 15.7. The summed E-state index contributed by atoms with van der Waals surface area (Å²) in [4.78, 5) is 17.3. The van der Waals surface area contributed by atoms with Crippen LogP contribution in [0.1, 0.15) is 25.3 Å². The molecule has 7 nitrogen and oxygen atoms in total. The molecular weight excluding hydrogens is 492 g/mol. The van der Waals surface area contributed by atoms with E-state index >= 15 is 0 Å². The molecule has 1 aromatic carbocycles. The third-order valence-electron chi connectivity index (χ3n) is 6.63. The van der Waals surface area contributed by atoms with Crippen LogP contribution >= 0.6 is 11.3 Å². The summed E-state index contributed by atoms with van der Waals surface area (Å²) in [6, 6.07) is 14.7.